The molecule has 0 saturated heterocycles. The molecule has 5 heteroatoms. The van der Waals surface area contributed by atoms with Gasteiger partial charge in [0.05, 0.1) is 13.3 Å². The van der Waals surface area contributed by atoms with Gasteiger partial charge in [0.25, 0.3) is 0 Å². The van der Waals surface area contributed by atoms with Crippen molar-refractivity contribution in [3.8, 4) is 5.75 Å². The molecule has 0 aromatic heterocycles. The second-order valence-electron chi connectivity index (χ2n) is 3.71. The van der Waals surface area contributed by atoms with Crippen molar-refractivity contribution in [3.63, 3.8) is 0 Å². The minimum Gasteiger partial charge on any atom is -0.497 e. The number of thiocarbonyl (C=S) groups is 1. The number of methoxy groups -OCH3 is 1. The standard InChI is InChI=1S/C13H13N3OS/c1-17-12-5-4-10-6-9(2-3-11(10)7-12)8-15-16-13(14)18/h2-8H,1H3,(H3,14,16,18)/b15-8+. The van der Waals surface area contributed by atoms with E-state index >= 15 is 0 Å². The lowest BCUT2D eigenvalue weighted by atomic mass is 10.1. The van der Waals surface area contributed by atoms with Crippen LogP contribution in [-0.2, 0) is 0 Å². The van der Waals surface area contributed by atoms with E-state index in [1.165, 1.54) is 0 Å². The fraction of sp³-hybridized carbons (Fsp3) is 0.0769. The molecule has 0 aliphatic rings. The minimum atomic E-state index is 0.150. The van der Waals surface area contributed by atoms with Crippen LogP contribution in [0.5, 0.6) is 5.75 Å². The number of nitrogens with zero attached hydrogens (tertiary/aromatic N) is 1. The van der Waals surface area contributed by atoms with E-state index in [0.29, 0.717) is 0 Å². The fourth-order valence-corrected chi connectivity index (χ4v) is 1.67. The van der Waals surface area contributed by atoms with E-state index < -0.39 is 0 Å². The second kappa shape index (κ2) is 5.46. The molecule has 0 bridgehead atoms. The molecule has 0 saturated carbocycles. The van der Waals surface area contributed by atoms with Gasteiger partial charge in [-0.15, -0.1) is 0 Å². The number of hydrazone groups is 1. The van der Waals surface area contributed by atoms with Gasteiger partial charge >= 0.3 is 0 Å². The van der Waals surface area contributed by atoms with Crippen molar-refractivity contribution >= 4 is 34.3 Å². The van der Waals surface area contributed by atoms with E-state index in [9.17, 15) is 0 Å². The van der Waals surface area contributed by atoms with E-state index in [1.807, 2.05) is 36.4 Å². The van der Waals surface area contributed by atoms with E-state index in [4.69, 9.17) is 10.5 Å². The molecule has 0 spiro atoms. The van der Waals surface area contributed by atoms with Gasteiger partial charge in [-0.3, -0.25) is 5.43 Å². The zero-order valence-corrected chi connectivity index (χ0v) is 10.7. The van der Waals surface area contributed by atoms with Crippen molar-refractivity contribution in [1.29, 1.82) is 0 Å². The molecule has 18 heavy (non-hydrogen) atoms. The topological polar surface area (TPSA) is 59.6 Å². The Morgan fingerprint density at radius 3 is 2.72 bits per heavy atom. The van der Waals surface area contributed by atoms with Gasteiger partial charge in [-0.1, -0.05) is 18.2 Å². The first kappa shape index (κ1) is 12.3. The summed E-state index contributed by atoms with van der Waals surface area (Å²) in [7, 11) is 1.66. The van der Waals surface area contributed by atoms with Crippen LogP contribution in [-0.4, -0.2) is 18.4 Å². The highest BCUT2D eigenvalue weighted by Crippen LogP contribution is 2.21. The molecule has 92 valence electrons. The predicted octanol–water partition coefficient (Wildman–Crippen LogP) is 2.02. The highest BCUT2D eigenvalue weighted by atomic mass is 32.1. The van der Waals surface area contributed by atoms with Crippen LogP contribution in [0.4, 0.5) is 0 Å². The summed E-state index contributed by atoms with van der Waals surface area (Å²) in [5.74, 6) is 0.846. The van der Waals surface area contributed by atoms with Gasteiger partial charge in [0.1, 0.15) is 5.75 Å². The van der Waals surface area contributed by atoms with Gasteiger partial charge in [0, 0.05) is 0 Å². The Kier molecular flexibility index (Phi) is 3.74. The summed E-state index contributed by atoms with van der Waals surface area (Å²) in [6, 6.07) is 11.9. The van der Waals surface area contributed by atoms with Gasteiger partial charge < -0.3 is 10.5 Å². The normalized spacial score (nSPS) is 10.7. The van der Waals surface area contributed by atoms with E-state index in [-0.39, 0.29) is 5.11 Å². The van der Waals surface area contributed by atoms with Crippen molar-refractivity contribution in [1.82, 2.24) is 5.43 Å². The van der Waals surface area contributed by atoms with Crippen LogP contribution < -0.4 is 15.9 Å². The van der Waals surface area contributed by atoms with Gasteiger partial charge in [-0.25, -0.2) is 0 Å². The van der Waals surface area contributed by atoms with Crippen molar-refractivity contribution < 1.29 is 4.74 Å². The van der Waals surface area contributed by atoms with Crippen LogP contribution in [0.3, 0.4) is 0 Å². The Morgan fingerprint density at radius 1 is 1.28 bits per heavy atom. The number of hydrogen-bond acceptors (Lipinski definition) is 3. The van der Waals surface area contributed by atoms with Crippen LogP contribution in [0.25, 0.3) is 10.8 Å². The van der Waals surface area contributed by atoms with Gasteiger partial charge in [-0.05, 0) is 46.8 Å². The molecule has 4 nitrogen and oxygen atoms in total. The molecule has 0 heterocycles. The third-order valence-corrected chi connectivity index (χ3v) is 2.55. The molecule has 3 N–H and O–H groups in total. The van der Waals surface area contributed by atoms with E-state index in [0.717, 1.165) is 22.1 Å². The molecule has 0 amide bonds. The number of fused-ring (bicyclic) bond motifs is 1. The summed E-state index contributed by atoms with van der Waals surface area (Å²) in [6.45, 7) is 0. The summed E-state index contributed by atoms with van der Waals surface area (Å²) in [5.41, 5.74) is 8.76. The Bertz CT molecular complexity index is 610. The molecule has 0 unspecified atom stereocenters. The SMILES string of the molecule is COc1ccc2cc(/C=N/NC(N)=S)ccc2c1. The number of hydrogen-bond donors (Lipinski definition) is 2. The maximum absolute atomic E-state index is 5.27. The van der Waals surface area contributed by atoms with Gasteiger partial charge in [0.2, 0.25) is 0 Å². The molecule has 0 aliphatic carbocycles. The Labute approximate surface area is 110 Å². The number of nitrogens with one attached hydrogen (secondary N) is 1. The predicted molar refractivity (Wildman–Crippen MR) is 78.0 cm³/mol. The molecule has 0 aliphatic heterocycles. The third-order valence-electron chi connectivity index (χ3n) is 2.46. The van der Waals surface area contributed by atoms with Crippen molar-refractivity contribution in [2.45, 2.75) is 0 Å². The maximum atomic E-state index is 5.27. The molecule has 0 fully saturated rings. The highest BCUT2D eigenvalue weighted by molar-refractivity contribution is 7.80. The minimum absolute atomic E-state index is 0.150. The number of rotatable bonds is 3. The Balaban J connectivity index is 2.27. The summed E-state index contributed by atoms with van der Waals surface area (Å²) in [5, 5.41) is 6.31. The van der Waals surface area contributed by atoms with Gasteiger partial charge in [-0.2, -0.15) is 5.10 Å². The zero-order chi connectivity index (χ0) is 13.0. The molecule has 0 atom stereocenters. The monoisotopic (exact) mass is 259 g/mol. The lowest BCUT2D eigenvalue weighted by Crippen LogP contribution is -2.23. The summed E-state index contributed by atoms with van der Waals surface area (Å²) >= 11 is 4.65. The number of nitrogens with two attached hydrogens (primary N) is 1. The lowest BCUT2D eigenvalue weighted by Gasteiger charge is -2.03. The van der Waals surface area contributed by atoms with Crippen LogP contribution in [0.2, 0.25) is 0 Å². The smallest absolute Gasteiger partial charge is 0.184 e. The van der Waals surface area contributed by atoms with Crippen LogP contribution >= 0.6 is 12.2 Å². The first-order chi connectivity index (χ1) is 8.69. The number of ether oxygens (including phenoxy) is 1. The quantitative estimate of drug-likeness (QED) is 0.503. The Hall–Kier alpha value is -2.14. The molecular formula is C13H13N3OS. The summed E-state index contributed by atoms with van der Waals surface area (Å²) in [6.07, 6.45) is 1.67. The second-order valence-corrected chi connectivity index (χ2v) is 4.15. The fourth-order valence-electron chi connectivity index (χ4n) is 1.62. The zero-order valence-electron chi connectivity index (χ0n) is 9.88. The van der Waals surface area contributed by atoms with Crippen molar-refractivity contribution in [3.05, 3.63) is 42.0 Å². The lowest BCUT2D eigenvalue weighted by molar-refractivity contribution is 0.415. The summed E-state index contributed by atoms with van der Waals surface area (Å²) < 4.78 is 5.18. The number of benzene rings is 2. The maximum Gasteiger partial charge on any atom is 0.184 e. The van der Waals surface area contributed by atoms with Crippen LogP contribution in [0.15, 0.2) is 41.5 Å². The average Bonchev–Trinajstić information content (AvgIpc) is 2.37. The van der Waals surface area contributed by atoms with E-state index in [2.05, 4.69) is 22.7 Å². The first-order valence-corrected chi connectivity index (χ1v) is 5.76. The third kappa shape index (κ3) is 2.95. The highest BCUT2D eigenvalue weighted by Gasteiger charge is 1.97. The molecule has 2 aromatic rings. The van der Waals surface area contributed by atoms with Crippen LogP contribution in [0.1, 0.15) is 5.56 Å². The van der Waals surface area contributed by atoms with Crippen molar-refractivity contribution in [2.75, 3.05) is 7.11 Å². The van der Waals surface area contributed by atoms with Gasteiger partial charge in [0.15, 0.2) is 5.11 Å². The largest absolute Gasteiger partial charge is 0.497 e. The molecule has 2 aromatic carbocycles. The summed E-state index contributed by atoms with van der Waals surface area (Å²) in [4.78, 5) is 0. The molecule has 2 rings (SSSR count). The van der Waals surface area contributed by atoms with E-state index in [1.54, 1.807) is 13.3 Å². The average molecular weight is 259 g/mol. The van der Waals surface area contributed by atoms with Crippen molar-refractivity contribution in [2.24, 2.45) is 10.8 Å². The van der Waals surface area contributed by atoms with Crippen LogP contribution in [0, 0.1) is 0 Å². The first-order valence-electron chi connectivity index (χ1n) is 5.35. The Morgan fingerprint density at radius 2 is 2.00 bits per heavy atom. The molecule has 0 radical (unpaired) electrons. The molecular weight excluding hydrogens is 246 g/mol.